The van der Waals surface area contributed by atoms with Crippen LogP contribution in [0.1, 0.15) is 23.4 Å². The van der Waals surface area contributed by atoms with Gasteiger partial charge in [0.05, 0.1) is 25.2 Å². The molecule has 1 aliphatic rings. The third kappa shape index (κ3) is 3.80. The van der Waals surface area contributed by atoms with Crippen molar-refractivity contribution < 1.29 is 4.74 Å². The van der Waals surface area contributed by atoms with Gasteiger partial charge < -0.3 is 9.72 Å². The topological polar surface area (TPSA) is 86.9 Å². The van der Waals surface area contributed by atoms with Crippen LogP contribution in [0, 0.1) is 6.92 Å². The highest BCUT2D eigenvalue weighted by Crippen LogP contribution is 2.15. The summed E-state index contributed by atoms with van der Waals surface area (Å²) in [7, 11) is 0. The number of morpholine rings is 1. The molecule has 2 aromatic heterocycles. The largest absolute Gasteiger partial charge is 0.376 e. The standard InChI is InChI=1S/C15H21N5O2/c1-11-12(7-18-19-11)8-20-4-5-22-14(9-20)3-2-13-6-15(21)17-10-16-13/h6-7,10,14H,2-5,8-9H2,1H3,(H,18,19)(H,16,17,21)/t14-/m0/s1. The zero-order valence-corrected chi connectivity index (χ0v) is 12.7. The first kappa shape index (κ1) is 14.9. The molecule has 7 nitrogen and oxygen atoms in total. The normalized spacial score (nSPS) is 19.4. The van der Waals surface area contributed by atoms with E-state index in [1.54, 1.807) is 6.07 Å². The lowest BCUT2D eigenvalue weighted by Crippen LogP contribution is -2.42. The average molecular weight is 303 g/mol. The number of nitrogens with zero attached hydrogens (tertiary/aromatic N) is 3. The molecule has 0 spiro atoms. The van der Waals surface area contributed by atoms with E-state index in [-0.39, 0.29) is 11.7 Å². The minimum Gasteiger partial charge on any atom is -0.376 e. The number of aromatic amines is 2. The van der Waals surface area contributed by atoms with Gasteiger partial charge in [-0.1, -0.05) is 0 Å². The van der Waals surface area contributed by atoms with Gasteiger partial charge in [-0.15, -0.1) is 0 Å². The average Bonchev–Trinajstić information content (AvgIpc) is 2.91. The Morgan fingerprint density at radius 3 is 3.18 bits per heavy atom. The van der Waals surface area contributed by atoms with Crippen LogP contribution in [0.4, 0.5) is 0 Å². The Hall–Kier alpha value is -1.99. The molecule has 0 aromatic carbocycles. The van der Waals surface area contributed by atoms with Crippen LogP contribution in [0.3, 0.4) is 0 Å². The Morgan fingerprint density at radius 1 is 1.50 bits per heavy atom. The first-order valence-corrected chi connectivity index (χ1v) is 7.57. The molecule has 22 heavy (non-hydrogen) atoms. The number of rotatable bonds is 5. The summed E-state index contributed by atoms with van der Waals surface area (Å²) < 4.78 is 5.83. The maximum Gasteiger partial charge on any atom is 0.250 e. The minimum absolute atomic E-state index is 0.105. The zero-order chi connectivity index (χ0) is 15.4. The molecule has 2 aromatic rings. The Morgan fingerprint density at radius 2 is 2.41 bits per heavy atom. The Bertz CT molecular complexity index is 666. The number of hydrogen-bond acceptors (Lipinski definition) is 5. The molecule has 0 amide bonds. The number of aromatic nitrogens is 4. The molecule has 1 aliphatic heterocycles. The lowest BCUT2D eigenvalue weighted by molar-refractivity contribution is -0.0347. The summed E-state index contributed by atoms with van der Waals surface area (Å²) in [6.45, 7) is 5.51. The molecule has 2 N–H and O–H groups in total. The summed E-state index contributed by atoms with van der Waals surface area (Å²) in [5.41, 5.74) is 3.06. The summed E-state index contributed by atoms with van der Waals surface area (Å²) in [5, 5.41) is 7.04. The van der Waals surface area contributed by atoms with Gasteiger partial charge in [-0.25, -0.2) is 4.98 Å². The first-order valence-electron chi connectivity index (χ1n) is 7.57. The third-order valence-electron chi connectivity index (χ3n) is 4.01. The minimum atomic E-state index is -0.105. The van der Waals surface area contributed by atoms with Crippen LogP contribution in [0.2, 0.25) is 0 Å². The molecule has 0 unspecified atom stereocenters. The Labute approximate surface area is 128 Å². The molecule has 0 bridgehead atoms. The summed E-state index contributed by atoms with van der Waals surface area (Å²) in [6, 6.07) is 1.55. The number of hydrogen-bond donors (Lipinski definition) is 2. The van der Waals surface area contributed by atoms with Crippen molar-refractivity contribution >= 4 is 0 Å². The van der Waals surface area contributed by atoms with E-state index >= 15 is 0 Å². The quantitative estimate of drug-likeness (QED) is 0.846. The van der Waals surface area contributed by atoms with E-state index < -0.39 is 0 Å². The van der Waals surface area contributed by atoms with Crippen LogP contribution in [-0.2, 0) is 17.7 Å². The van der Waals surface area contributed by atoms with E-state index in [0.29, 0.717) is 0 Å². The Kier molecular flexibility index (Phi) is 4.65. The molecule has 7 heteroatoms. The number of ether oxygens (including phenoxy) is 1. The maximum absolute atomic E-state index is 11.3. The monoisotopic (exact) mass is 303 g/mol. The number of H-pyrrole nitrogens is 2. The van der Waals surface area contributed by atoms with Crippen LogP contribution >= 0.6 is 0 Å². The highest BCUT2D eigenvalue weighted by molar-refractivity contribution is 5.14. The van der Waals surface area contributed by atoms with Crippen LogP contribution in [0.5, 0.6) is 0 Å². The van der Waals surface area contributed by atoms with E-state index in [9.17, 15) is 4.79 Å². The molecule has 1 atom stereocenters. The van der Waals surface area contributed by atoms with Crippen molar-refractivity contribution in [3.63, 3.8) is 0 Å². The molecule has 0 radical (unpaired) electrons. The van der Waals surface area contributed by atoms with Gasteiger partial charge >= 0.3 is 0 Å². The summed E-state index contributed by atoms with van der Waals surface area (Å²) >= 11 is 0. The number of nitrogens with one attached hydrogen (secondary N) is 2. The molecule has 0 saturated carbocycles. The molecule has 3 rings (SSSR count). The molecule has 1 fully saturated rings. The second kappa shape index (κ2) is 6.85. The fraction of sp³-hybridized carbons (Fsp3) is 0.533. The fourth-order valence-electron chi connectivity index (χ4n) is 2.73. The fourth-order valence-corrected chi connectivity index (χ4v) is 2.73. The second-order valence-electron chi connectivity index (χ2n) is 5.69. The van der Waals surface area contributed by atoms with E-state index in [2.05, 4.69) is 25.1 Å². The van der Waals surface area contributed by atoms with Crippen molar-refractivity contribution in [2.45, 2.75) is 32.4 Å². The lowest BCUT2D eigenvalue weighted by Gasteiger charge is -2.32. The smallest absolute Gasteiger partial charge is 0.250 e. The summed E-state index contributed by atoms with van der Waals surface area (Å²) in [4.78, 5) is 20.4. The second-order valence-corrected chi connectivity index (χ2v) is 5.69. The highest BCUT2D eigenvalue weighted by atomic mass is 16.5. The molecule has 0 aliphatic carbocycles. The molecular formula is C15H21N5O2. The van der Waals surface area contributed by atoms with Gasteiger partial charge in [0, 0.05) is 42.7 Å². The van der Waals surface area contributed by atoms with Crippen molar-refractivity contribution in [3.05, 3.63) is 45.9 Å². The van der Waals surface area contributed by atoms with Gasteiger partial charge in [0.2, 0.25) is 0 Å². The van der Waals surface area contributed by atoms with Crippen molar-refractivity contribution in [1.29, 1.82) is 0 Å². The van der Waals surface area contributed by atoms with Crippen LogP contribution < -0.4 is 5.56 Å². The molecule has 3 heterocycles. The molecule has 1 saturated heterocycles. The van der Waals surface area contributed by atoms with E-state index in [1.165, 1.54) is 11.9 Å². The van der Waals surface area contributed by atoms with Gasteiger partial charge in [0.1, 0.15) is 0 Å². The summed E-state index contributed by atoms with van der Waals surface area (Å²) in [5.74, 6) is 0. The van der Waals surface area contributed by atoms with Crippen LogP contribution in [0.15, 0.2) is 23.4 Å². The van der Waals surface area contributed by atoms with Crippen molar-refractivity contribution in [3.8, 4) is 0 Å². The first-order chi connectivity index (χ1) is 10.7. The van der Waals surface area contributed by atoms with E-state index in [0.717, 1.165) is 50.5 Å². The van der Waals surface area contributed by atoms with Gasteiger partial charge in [-0.3, -0.25) is 14.8 Å². The van der Waals surface area contributed by atoms with Crippen molar-refractivity contribution in [2.75, 3.05) is 19.7 Å². The number of aryl methyl sites for hydroxylation is 2. The van der Waals surface area contributed by atoms with Crippen molar-refractivity contribution in [1.82, 2.24) is 25.1 Å². The molecule has 118 valence electrons. The zero-order valence-electron chi connectivity index (χ0n) is 12.7. The lowest BCUT2D eigenvalue weighted by atomic mass is 10.1. The van der Waals surface area contributed by atoms with E-state index in [4.69, 9.17) is 4.74 Å². The van der Waals surface area contributed by atoms with Crippen LogP contribution in [0.25, 0.3) is 0 Å². The third-order valence-corrected chi connectivity index (χ3v) is 4.01. The van der Waals surface area contributed by atoms with E-state index in [1.807, 2.05) is 13.1 Å². The van der Waals surface area contributed by atoms with Gasteiger partial charge in [-0.2, -0.15) is 5.10 Å². The summed E-state index contributed by atoms with van der Waals surface area (Å²) in [6.07, 6.45) is 5.15. The van der Waals surface area contributed by atoms with Gasteiger partial charge in [0.15, 0.2) is 0 Å². The van der Waals surface area contributed by atoms with Gasteiger partial charge in [0.25, 0.3) is 5.56 Å². The van der Waals surface area contributed by atoms with Crippen molar-refractivity contribution in [2.24, 2.45) is 0 Å². The highest BCUT2D eigenvalue weighted by Gasteiger charge is 2.21. The SMILES string of the molecule is Cc1[nH]ncc1CN1CCO[C@@H](CCc2cc(=O)[nH]cn2)C1. The molecular weight excluding hydrogens is 282 g/mol. The predicted molar refractivity (Wildman–Crippen MR) is 81.5 cm³/mol. The van der Waals surface area contributed by atoms with Gasteiger partial charge in [-0.05, 0) is 19.8 Å². The van der Waals surface area contributed by atoms with Crippen LogP contribution in [-0.4, -0.2) is 50.9 Å². The predicted octanol–water partition coefficient (Wildman–Crippen LogP) is 0.635. The maximum atomic E-state index is 11.3. The Balaban J connectivity index is 1.52.